The molecule has 1 heterocycles. The molecular weight excluding hydrogens is 220 g/mol. The van der Waals surface area contributed by atoms with Gasteiger partial charge < -0.3 is 14.6 Å². The average Bonchev–Trinajstić information content (AvgIpc) is 2.68. The van der Waals surface area contributed by atoms with Crippen LogP contribution in [0.3, 0.4) is 0 Å². The van der Waals surface area contributed by atoms with Gasteiger partial charge in [-0.15, -0.1) is 0 Å². The minimum absolute atomic E-state index is 0.0869. The number of hydrogen-bond acceptors (Lipinski definition) is 4. The fourth-order valence-electron chi connectivity index (χ4n) is 1.60. The number of aliphatic hydroxyl groups is 1. The van der Waals surface area contributed by atoms with Crippen LogP contribution < -0.4 is 0 Å². The number of hydrogen-bond donors (Lipinski definition) is 1. The lowest BCUT2D eigenvalue weighted by molar-refractivity contribution is 0.0189. The molecule has 0 radical (unpaired) electrons. The molecule has 2 rings (SSSR count). The molecule has 0 unspecified atom stereocenters. The van der Waals surface area contributed by atoms with Crippen molar-refractivity contribution in [3.05, 3.63) is 48.0 Å². The third-order valence-electron chi connectivity index (χ3n) is 2.67. The van der Waals surface area contributed by atoms with Crippen LogP contribution in [0, 0.1) is 0 Å². The zero-order valence-electron chi connectivity index (χ0n) is 9.33. The van der Waals surface area contributed by atoms with Crippen molar-refractivity contribution < 1.29 is 19.4 Å². The van der Waals surface area contributed by atoms with Gasteiger partial charge in [-0.2, -0.15) is 0 Å². The standard InChI is InChI=1S/C13H14O4/c1-9-11(14)7-16-12(9)8-17-13(15)10-5-3-2-4-6-10/h2-6,11-12,14H,1,7-8H2/t11-,12+/m0/s1. The Morgan fingerprint density at radius 1 is 1.47 bits per heavy atom. The molecule has 4 nitrogen and oxygen atoms in total. The number of benzene rings is 1. The minimum atomic E-state index is -0.657. The largest absolute Gasteiger partial charge is 0.459 e. The smallest absolute Gasteiger partial charge is 0.338 e. The Bertz CT molecular complexity index is 413. The Balaban J connectivity index is 1.87. The number of esters is 1. The van der Waals surface area contributed by atoms with Gasteiger partial charge >= 0.3 is 5.97 Å². The van der Waals surface area contributed by atoms with E-state index in [-0.39, 0.29) is 13.2 Å². The summed E-state index contributed by atoms with van der Waals surface area (Å²) in [7, 11) is 0. The summed E-state index contributed by atoms with van der Waals surface area (Å²) in [6, 6.07) is 8.73. The first-order valence-electron chi connectivity index (χ1n) is 5.39. The highest BCUT2D eigenvalue weighted by Gasteiger charge is 2.29. The molecule has 4 heteroatoms. The molecule has 1 aliphatic rings. The summed E-state index contributed by atoms with van der Waals surface area (Å²) in [6.45, 7) is 4.00. The van der Waals surface area contributed by atoms with Gasteiger partial charge in [0.1, 0.15) is 18.8 Å². The number of ether oxygens (including phenoxy) is 2. The fraction of sp³-hybridized carbons (Fsp3) is 0.308. The highest BCUT2D eigenvalue weighted by Crippen LogP contribution is 2.19. The first kappa shape index (κ1) is 11.8. The zero-order valence-corrected chi connectivity index (χ0v) is 9.33. The van der Waals surface area contributed by atoms with Gasteiger partial charge in [0.15, 0.2) is 0 Å². The molecule has 1 aliphatic heterocycles. The fourth-order valence-corrected chi connectivity index (χ4v) is 1.60. The van der Waals surface area contributed by atoms with Crippen LogP contribution >= 0.6 is 0 Å². The molecule has 2 atom stereocenters. The van der Waals surface area contributed by atoms with Crippen LogP contribution in [0.2, 0.25) is 0 Å². The molecule has 0 spiro atoms. The maximum absolute atomic E-state index is 11.6. The van der Waals surface area contributed by atoms with Gasteiger partial charge in [-0.1, -0.05) is 24.8 Å². The maximum atomic E-state index is 11.6. The van der Waals surface area contributed by atoms with Crippen molar-refractivity contribution in [3.63, 3.8) is 0 Å². The number of rotatable bonds is 3. The van der Waals surface area contributed by atoms with Crippen LogP contribution in [-0.4, -0.2) is 36.5 Å². The van der Waals surface area contributed by atoms with E-state index < -0.39 is 18.2 Å². The highest BCUT2D eigenvalue weighted by atomic mass is 16.6. The van der Waals surface area contributed by atoms with Crippen molar-refractivity contribution in [1.82, 2.24) is 0 Å². The zero-order chi connectivity index (χ0) is 12.3. The molecule has 0 amide bonds. The lowest BCUT2D eigenvalue weighted by Crippen LogP contribution is -2.20. The second-order valence-corrected chi connectivity index (χ2v) is 3.88. The second kappa shape index (κ2) is 5.12. The molecular formula is C13H14O4. The third kappa shape index (κ3) is 2.72. The first-order valence-corrected chi connectivity index (χ1v) is 5.39. The van der Waals surface area contributed by atoms with Gasteiger partial charge in [-0.05, 0) is 17.7 Å². The summed E-state index contributed by atoms with van der Waals surface area (Å²) in [5.41, 5.74) is 1.06. The van der Waals surface area contributed by atoms with Crippen molar-refractivity contribution in [2.24, 2.45) is 0 Å². The summed E-state index contributed by atoms with van der Waals surface area (Å²) >= 11 is 0. The van der Waals surface area contributed by atoms with Crippen LogP contribution in [0.5, 0.6) is 0 Å². The predicted octanol–water partition coefficient (Wildman–Crippen LogP) is 1.16. The number of aliphatic hydroxyl groups excluding tert-OH is 1. The lowest BCUT2D eigenvalue weighted by Gasteiger charge is -2.11. The monoisotopic (exact) mass is 234 g/mol. The van der Waals surface area contributed by atoms with Crippen molar-refractivity contribution in [2.75, 3.05) is 13.2 Å². The van der Waals surface area contributed by atoms with Gasteiger partial charge in [0, 0.05) is 0 Å². The quantitative estimate of drug-likeness (QED) is 0.630. The highest BCUT2D eigenvalue weighted by molar-refractivity contribution is 5.89. The maximum Gasteiger partial charge on any atom is 0.338 e. The molecule has 1 saturated heterocycles. The predicted molar refractivity (Wildman–Crippen MR) is 61.6 cm³/mol. The van der Waals surface area contributed by atoms with E-state index in [2.05, 4.69) is 6.58 Å². The molecule has 17 heavy (non-hydrogen) atoms. The molecule has 0 aromatic heterocycles. The SMILES string of the molecule is C=C1[C@@H](O)CO[C@@H]1COC(=O)c1ccccc1. The Hall–Kier alpha value is -1.65. The summed E-state index contributed by atoms with van der Waals surface area (Å²) in [5.74, 6) is -0.400. The van der Waals surface area contributed by atoms with Gasteiger partial charge in [0.25, 0.3) is 0 Å². The normalized spacial score (nSPS) is 23.7. The van der Waals surface area contributed by atoms with E-state index in [1.807, 2.05) is 6.07 Å². The molecule has 1 fully saturated rings. The Kier molecular flexibility index (Phi) is 3.56. The van der Waals surface area contributed by atoms with Crippen molar-refractivity contribution in [3.8, 4) is 0 Å². The lowest BCUT2D eigenvalue weighted by atomic mass is 10.1. The summed E-state index contributed by atoms with van der Waals surface area (Å²) in [6.07, 6.45) is -1.06. The topological polar surface area (TPSA) is 55.8 Å². The Morgan fingerprint density at radius 3 is 2.76 bits per heavy atom. The molecule has 0 aliphatic carbocycles. The summed E-state index contributed by atoms with van der Waals surface area (Å²) in [5, 5.41) is 9.39. The average molecular weight is 234 g/mol. The molecule has 0 bridgehead atoms. The molecule has 1 aromatic carbocycles. The van der Waals surface area contributed by atoms with Crippen molar-refractivity contribution >= 4 is 5.97 Å². The van der Waals surface area contributed by atoms with E-state index in [1.54, 1.807) is 24.3 Å². The minimum Gasteiger partial charge on any atom is -0.459 e. The van der Waals surface area contributed by atoms with E-state index in [0.717, 1.165) is 0 Å². The summed E-state index contributed by atoms with van der Waals surface area (Å²) < 4.78 is 10.3. The van der Waals surface area contributed by atoms with Crippen LogP contribution in [0.15, 0.2) is 42.5 Å². The van der Waals surface area contributed by atoms with E-state index in [1.165, 1.54) is 0 Å². The molecule has 90 valence electrons. The van der Waals surface area contributed by atoms with E-state index in [0.29, 0.717) is 11.1 Å². The Morgan fingerprint density at radius 2 is 2.18 bits per heavy atom. The molecule has 0 saturated carbocycles. The van der Waals surface area contributed by atoms with Crippen molar-refractivity contribution in [1.29, 1.82) is 0 Å². The second-order valence-electron chi connectivity index (χ2n) is 3.88. The molecule has 1 aromatic rings. The van der Waals surface area contributed by atoms with Crippen LogP contribution in [0.4, 0.5) is 0 Å². The van der Waals surface area contributed by atoms with Gasteiger partial charge in [0.2, 0.25) is 0 Å². The van der Waals surface area contributed by atoms with Crippen molar-refractivity contribution in [2.45, 2.75) is 12.2 Å². The number of carbonyl (C=O) groups is 1. The third-order valence-corrected chi connectivity index (χ3v) is 2.67. The summed E-state index contributed by atoms with van der Waals surface area (Å²) in [4.78, 5) is 11.6. The Labute approximate surface area is 99.5 Å². The molecule has 1 N–H and O–H groups in total. The van der Waals surface area contributed by atoms with Gasteiger partial charge in [-0.25, -0.2) is 4.79 Å². The van der Waals surface area contributed by atoms with Gasteiger partial charge in [0.05, 0.1) is 12.2 Å². The first-order chi connectivity index (χ1) is 8.18. The van der Waals surface area contributed by atoms with Crippen LogP contribution in [-0.2, 0) is 9.47 Å². The van der Waals surface area contributed by atoms with Gasteiger partial charge in [-0.3, -0.25) is 0 Å². The van der Waals surface area contributed by atoms with Crippen LogP contribution in [0.1, 0.15) is 10.4 Å². The van der Waals surface area contributed by atoms with E-state index in [9.17, 15) is 9.90 Å². The van der Waals surface area contributed by atoms with E-state index in [4.69, 9.17) is 9.47 Å². The number of carbonyl (C=O) groups excluding carboxylic acids is 1. The van der Waals surface area contributed by atoms with Crippen LogP contribution in [0.25, 0.3) is 0 Å². The van der Waals surface area contributed by atoms with E-state index >= 15 is 0 Å².